The van der Waals surface area contributed by atoms with Gasteiger partial charge in [-0.1, -0.05) is 20.8 Å². The highest BCUT2D eigenvalue weighted by molar-refractivity contribution is 5.19. The molecule has 1 aromatic rings. The third-order valence-corrected chi connectivity index (χ3v) is 2.03. The van der Waals surface area contributed by atoms with Crippen molar-refractivity contribution in [1.29, 1.82) is 0 Å². The molecule has 0 aliphatic rings. The molecular formula is C12H16F3N. The van der Waals surface area contributed by atoms with Crippen molar-refractivity contribution in [2.45, 2.75) is 27.3 Å². The fourth-order valence-corrected chi connectivity index (χ4v) is 1.29. The van der Waals surface area contributed by atoms with Gasteiger partial charge in [0.1, 0.15) is 0 Å². The predicted octanol–water partition coefficient (Wildman–Crippen LogP) is 3.24. The molecule has 90 valence electrons. The van der Waals surface area contributed by atoms with Gasteiger partial charge in [-0.25, -0.2) is 13.2 Å². The molecule has 0 atom stereocenters. The average Bonchev–Trinajstić information content (AvgIpc) is 2.12. The summed E-state index contributed by atoms with van der Waals surface area (Å²) in [6.45, 7) is 7.18. The van der Waals surface area contributed by atoms with Gasteiger partial charge in [0, 0.05) is 13.1 Å². The number of nitrogens with one attached hydrogen (secondary N) is 1. The molecule has 0 aromatic heterocycles. The van der Waals surface area contributed by atoms with Gasteiger partial charge in [-0.05, 0) is 23.1 Å². The first-order valence-corrected chi connectivity index (χ1v) is 5.14. The zero-order chi connectivity index (χ0) is 12.3. The molecule has 1 nitrogen and oxygen atoms in total. The molecule has 0 heterocycles. The Kier molecular flexibility index (Phi) is 3.97. The number of halogens is 3. The molecule has 0 saturated carbocycles. The van der Waals surface area contributed by atoms with Crippen LogP contribution in [0.25, 0.3) is 0 Å². The third kappa shape index (κ3) is 3.85. The first-order chi connectivity index (χ1) is 7.29. The normalized spacial score (nSPS) is 11.9. The summed E-state index contributed by atoms with van der Waals surface area (Å²) in [6.07, 6.45) is 0. The number of benzene rings is 1. The fraction of sp³-hybridized carbons (Fsp3) is 0.500. The minimum atomic E-state index is -1.42. The van der Waals surface area contributed by atoms with Crippen LogP contribution in [0.3, 0.4) is 0 Å². The first kappa shape index (κ1) is 13.0. The summed E-state index contributed by atoms with van der Waals surface area (Å²) in [7, 11) is 0. The van der Waals surface area contributed by atoms with E-state index in [-0.39, 0.29) is 5.41 Å². The van der Waals surface area contributed by atoms with Gasteiger partial charge in [-0.15, -0.1) is 0 Å². The molecule has 1 N–H and O–H groups in total. The van der Waals surface area contributed by atoms with E-state index in [1.807, 2.05) is 20.8 Å². The van der Waals surface area contributed by atoms with Gasteiger partial charge in [0.2, 0.25) is 0 Å². The van der Waals surface area contributed by atoms with Crippen molar-refractivity contribution in [2.24, 2.45) is 5.41 Å². The summed E-state index contributed by atoms with van der Waals surface area (Å²) in [5, 5.41) is 3.06. The van der Waals surface area contributed by atoms with Crippen LogP contribution in [0.2, 0.25) is 0 Å². The fourth-order valence-electron chi connectivity index (χ4n) is 1.29. The quantitative estimate of drug-likeness (QED) is 0.787. The van der Waals surface area contributed by atoms with Gasteiger partial charge in [-0.3, -0.25) is 0 Å². The summed E-state index contributed by atoms with van der Waals surface area (Å²) in [5.74, 6) is -3.71. The maximum atomic E-state index is 12.9. The Hall–Kier alpha value is -1.03. The zero-order valence-electron chi connectivity index (χ0n) is 9.70. The van der Waals surface area contributed by atoms with Crippen molar-refractivity contribution in [2.75, 3.05) is 6.54 Å². The summed E-state index contributed by atoms with van der Waals surface area (Å²) in [5.41, 5.74) is 0.498. The molecule has 1 rings (SSSR count). The molecule has 0 radical (unpaired) electrons. The van der Waals surface area contributed by atoms with E-state index in [1.54, 1.807) is 0 Å². The van der Waals surface area contributed by atoms with Crippen LogP contribution < -0.4 is 5.32 Å². The Morgan fingerprint density at radius 1 is 1.06 bits per heavy atom. The van der Waals surface area contributed by atoms with Crippen molar-refractivity contribution in [3.05, 3.63) is 35.1 Å². The molecule has 0 aliphatic carbocycles. The maximum absolute atomic E-state index is 12.9. The van der Waals surface area contributed by atoms with E-state index >= 15 is 0 Å². The second-order valence-corrected chi connectivity index (χ2v) is 5.04. The third-order valence-electron chi connectivity index (χ3n) is 2.03. The lowest BCUT2D eigenvalue weighted by atomic mass is 9.97. The highest BCUT2D eigenvalue weighted by Gasteiger charge is 2.12. The molecule has 0 bridgehead atoms. The van der Waals surface area contributed by atoms with E-state index in [4.69, 9.17) is 0 Å². The largest absolute Gasteiger partial charge is 0.312 e. The highest BCUT2D eigenvalue weighted by Crippen LogP contribution is 2.14. The van der Waals surface area contributed by atoms with Gasteiger partial charge in [0.05, 0.1) is 0 Å². The summed E-state index contributed by atoms with van der Waals surface area (Å²) in [6, 6.07) is 2.02. The van der Waals surface area contributed by atoms with Crippen molar-refractivity contribution in [3.63, 3.8) is 0 Å². The molecule has 0 aliphatic heterocycles. The Morgan fingerprint density at radius 3 is 2.00 bits per heavy atom. The number of hydrogen-bond acceptors (Lipinski definition) is 1. The number of hydrogen-bond donors (Lipinski definition) is 1. The van der Waals surface area contributed by atoms with Crippen LogP contribution in [0.5, 0.6) is 0 Å². The van der Waals surface area contributed by atoms with Gasteiger partial charge in [0.25, 0.3) is 0 Å². The van der Waals surface area contributed by atoms with Crippen LogP contribution in [0, 0.1) is 22.9 Å². The highest BCUT2D eigenvalue weighted by atomic mass is 19.2. The van der Waals surface area contributed by atoms with E-state index in [0.29, 0.717) is 18.7 Å². The smallest absolute Gasteiger partial charge is 0.194 e. The van der Waals surface area contributed by atoms with Crippen LogP contribution in [0.1, 0.15) is 26.3 Å². The second-order valence-electron chi connectivity index (χ2n) is 5.04. The van der Waals surface area contributed by atoms with Crippen molar-refractivity contribution < 1.29 is 13.2 Å². The van der Waals surface area contributed by atoms with E-state index < -0.39 is 17.5 Å². The first-order valence-electron chi connectivity index (χ1n) is 5.14. The van der Waals surface area contributed by atoms with Crippen LogP contribution >= 0.6 is 0 Å². The molecular weight excluding hydrogens is 215 g/mol. The van der Waals surface area contributed by atoms with Crippen molar-refractivity contribution >= 4 is 0 Å². The lowest BCUT2D eigenvalue weighted by molar-refractivity contribution is 0.378. The lowest BCUT2D eigenvalue weighted by Crippen LogP contribution is -2.26. The second kappa shape index (κ2) is 4.87. The Morgan fingerprint density at radius 2 is 1.56 bits per heavy atom. The van der Waals surface area contributed by atoms with E-state index in [9.17, 15) is 13.2 Å². The molecule has 0 unspecified atom stereocenters. The van der Waals surface area contributed by atoms with E-state index in [2.05, 4.69) is 5.32 Å². The van der Waals surface area contributed by atoms with Gasteiger partial charge >= 0.3 is 0 Å². The van der Waals surface area contributed by atoms with Crippen LogP contribution in [-0.2, 0) is 6.54 Å². The molecule has 16 heavy (non-hydrogen) atoms. The Balaban J connectivity index is 2.62. The summed E-state index contributed by atoms with van der Waals surface area (Å²) in [4.78, 5) is 0. The minimum Gasteiger partial charge on any atom is -0.312 e. The molecule has 0 saturated heterocycles. The van der Waals surface area contributed by atoms with Gasteiger partial charge < -0.3 is 5.32 Å². The predicted molar refractivity (Wildman–Crippen MR) is 57.5 cm³/mol. The maximum Gasteiger partial charge on any atom is 0.194 e. The van der Waals surface area contributed by atoms with Crippen LogP contribution in [0.15, 0.2) is 12.1 Å². The van der Waals surface area contributed by atoms with Crippen LogP contribution in [0.4, 0.5) is 13.2 Å². The Bertz CT molecular complexity index is 346. The monoisotopic (exact) mass is 231 g/mol. The van der Waals surface area contributed by atoms with Gasteiger partial charge in [-0.2, -0.15) is 0 Å². The van der Waals surface area contributed by atoms with E-state index in [1.165, 1.54) is 0 Å². The van der Waals surface area contributed by atoms with E-state index in [0.717, 1.165) is 12.1 Å². The molecule has 1 aromatic carbocycles. The summed E-state index contributed by atoms with van der Waals surface area (Å²) < 4.78 is 38.4. The molecule has 0 spiro atoms. The Labute approximate surface area is 93.7 Å². The van der Waals surface area contributed by atoms with Crippen molar-refractivity contribution in [3.8, 4) is 0 Å². The molecule has 0 amide bonds. The average molecular weight is 231 g/mol. The van der Waals surface area contributed by atoms with Gasteiger partial charge in [0.15, 0.2) is 17.5 Å². The van der Waals surface area contributed by atoms with Crippen molar-refractivity contribution in [1.82, 2.24) is 5.32 Å². The van der Waals surface area contributed by atoms with Crippen LogP contribution in [-0.4, -0.2) is 6.54 Å². The molecule has 0 fully saturated rings. The standard InChI is InChI=1S/C12H16F3N/c1-12(2,3)7-16-6-8-4-9(13)11(15)10(14)5-8/h4-5,16H,6-7H2,1-3H3. The topological polar surface area (TPSA) is 12.0 Å². The zero-order valence-corrected chi connectivity index (χ0v) is 9.70. The molecule has 4 heteroatoms. The SMILES string of the molecule is CC(C)(C)CNCc1cc(F)c(F)c(F)c1. The lowest BCUT2D eigenvalue weighted by Gasteiger charge is -2.18. The number of rotatable bonds is 3. The summed E-state index contributed by atoms with van der Waals surface area (Å²) >= 11 is 0. The minimum absolute atomic E-state index is 0.0944.